The van der Waals surface area contributed by atoms with Crippen LogP contribution in [-0.4, -0.2) is 49.2 Å². The molecule has 0 aliphatic carbocycles. The van der Waals surface area contributed by atoms with Gasteiger partial charge in [-0.3, -0.25) is 4.98 Å². The Morgan fingerprint density at radius 3 is 2.42 bits per heavy atom. The minimum Gasteiger partial charge on any atom is -0.338 e. The molecule has 0 spiro atoms. The number of hydrogen-bond acceptors (Lipinski definition) is 4. The lowest BCUT2D eigenvalue weighted by molar-refractivity contribution is 0.187. The summed E-state index contributed by atoms with van der Waals surface area (Å²) in [6.45, 7) is 1.41. The standard InChI is InChI=1S/C19H23N3O3S/c23-19(21-13-9-16-6-4-5-12-20-16)22-14-10-18(11-15-22)26(24,25)17-7-2-1-3-8-17/h1-8,12,18H,9-11,13-15H2,(H,21,23). The van der Waals surface area contributed by atoms with Crippen molar-refractivity contribution in [3.63, 3.8) is 0 Å². The van der Waals surface area contributed by atoms with Gasteiger partial charge >= 0.3 is 6.03 Å². The number of sulfone groups is 1. The fourth-order valence-electron chi connectivity index (χ4n) is 3.13. The second kappa shape index (κ2) is 8.31. The van der Waals surface area contributed by atoms with Gasteiger partial charge in [0.25, 0.3) is 0 Å². The van der Waals surface area contributed by atoms with E-state index < -0.39 is 15.1 Å². The van der Waals surface area contributed by atoms with Crippen LogP contribution in [0, 0.1) is 0 Å². The van der Waals surface area contributed by atoms with Gasteiger partial charge in [0, 0.05) is 37.9 Å². The van der Waals surface area contributed by atoms with E-state index in [4.69, 9.17) is 0 Å². The summed E-state index contributed by atoms with van der Waals surface area (Å²) in [6, 6.07) is 14.1. The molecule has 2 amide bonds. The molecule has 2 aromatic rings. The highest BCUT2D eigenvalue weighted by atomic mass is 32.2. The quantitative estimate of drug-likeness (QED) is 0.872. The van der Waals surface area contributed by atoms with Crippen molar-refractivity contribution in [3.05, 3.63) is 60.4 Å². The van der Waals surface area contributed by atoms with Gasteiger partial charge in [-0.05, 0) is 37.1 Å². The highest BCUT2D eigenvalue weighted by Gasteiger charge is 2.32. The summed E-state index contributed by atoms with van der Waals surface area (Å²) in [5, 5.41) is 2.46. The predicted molar refractivity (Wildman–Crippen MR) is 99.6 cm³/mol. The molecule has 26 heavy (non-hydrogen) atoms. The molecule has 0 saturated carbocycles. The number of urea groups is 1. The van der Waals surface area contributed by atoms with Crippen molar-refractivity contribution in [3.8, 4) is 0 Å². The number of amides is 2. The van der Waals surface area contributed by atoms with Crippen LogP contribution < -0.4 is 5.32 Å². The van der Waals surface area contributed by atoms with E-state index in [9.17, 15) is 13.2 Å². The van der Waals surface area contributed by atoms with Crippen molar-refractivity contribution in [1.29, 1.82) is 0 Å². The van der Waals surface area contributed by atoms with Crippen LogP contribution in [0.4, 0.5) is 4.79 Å². The van der Waals surface area contributed by atoms with Crippen molar-refractivity contribution < 1.29 is 13.2 Å². The smallest absolute Gasteiger partial charge is 0.317 e. The van der Waals surface area contributed by atoms with Gasteiger partial charge in [-0.15, -0.1) is 0 Å². The number of carbonyl (C=O) groups is 1. The van der Waals surface area contributed by atoms with E-state index in [1.54, 1.807) is 41.4 Å². The third-order valence-electron chi connectivity index (χ3n) is 4.62. The minimum absolute atomic E-state index is 0.142. The van der Waals surface area contributed by atoms with Crippen LogP contribution in [0.2, 0.25) is 0 Å². The molecule has 1 fully saturated rings. The molecule has 1 saturated heterocycles. The first-order valence-electron chi connectivity index (χ1n) is 8.79. The van der Waals surface area contributed by atoms with Crippen molar-refractivity contribution in [2.75, 3.05) is 19.6 Å². The van der Waals surface area contributed by atoms with Gasteiger partial charge in [-0.2, -0.15) is 0 Å². The maximum absolute atomic E-state index is 12.7. The molecule has 1 aromatic heterocycles. The normalized spacial score (nSPS) is 15.6. The molecule has 138 valence electrons. The molecular weight excluding hydrogens is 350 g/mol. The number of carbonyl (C=O) groups excluding carboxylic acids is 1. The van der Waals surface area contributed by atoms with E-state index in [-0.39, 0.29) is 6.03 Å². The molecule has 0 radical (unpaired) electrons. The largest absolute Gasteiger partial charge is 0.338 e. The first-order chi connectivity index (χ1) is 12.6. The van der Waals surface area contributed by atoms with Gasteiger partial charge in [0.1, 0.15) is 0 Å². The summed E-state index contributed by atoms with van der Waals surface area (Å²) in [5.74, 6) is 0. The predicted octanol–water partition coefficient (Wildman–Crippen LogP) is 2.27. The molecular formula is C19H23N3O3S. The van der Waals surface area contributed by atoms with Gasteiger partial charge in [0.15, 0.2) is 9.84 Å². The number of nitrogens with zero attached hydrogens (tertiary/aromatic N) is 2. The third-order valence-corrected chi connectivity index (χ3v) is 6.90. The number of benzene rings is 1. The van der Waals surface area contributed by atoms with Crippen molar-refractivity contribution >= 4 is 15.9 Å². The van der Waals surface area contributed by atoms with Crippen LogP contribution in [0.3, 0.4) is 0 Å². The molecule has 1 aliphatic rings. The van der Waals surface area contributed by atoms with E-state index in [1.165, 1.54) is 0 Å². The number of pyridine rings is 1. The van der Waals surface area contributed by atoms with Crippen LogP contribution in [0.1, 0.15) is 18.5 Å². The number of aromatic nitrogens is 1. The first-order valence-corrected chi connectivity index (χ1v) is 10.3. The molecule has 1 N–H and O–H groups in total. The second-order valence-electron chi connectivity index (χ2n) is 6.35. The lowest BCUT2D eigenvalue weighted by Crippen LogP contribution is -2.47. The summed E-state index contributed by atoms with van der Waals surface area (Å²) >= 11 is 0. The topological polar surface area (TPSA) is 79.4 Å². The zero-order valence-corrected chi connectivity index (χ0v) is 15.4. The zero-order valence-electron chi connectivity index (χ0n) is 14.5. The molecule has 0 atom stereocenters. The number of rotatable bonds is 5. The van der Waals surface area contributed by atoms with Gasteiger partial charge < -0.3 is 10.2 Å². The Labute approximate surface area is 154 Å². The maximum atomic E-state index is 12.7. The van der Waals surface area contributed by atoms with E-state index >= 15 is 0 Å². The summed E-state index contributed by atoms with van der Waals surface area (Å²) in [7, 11) is -3.33. The van der Waals surface area contributed by atoms with Crippen LogP contribution in [-0.2, 0) is 16.3 Å². The molecule has 3 rings (SSSR count). The molecule has 1 aliphatic heterocycles. The average Bonchev–Trinajstić information content (AvgIpc) is 2.69. The molecule has 0 unspecified atom stereocenters. The Morgan fingerprint density at radius 2 is 1.77 bits per heavy atom. The fourth-order valence-corrected chi connectivity index (χ4v) is 4.88. The number of piperidine rings is 1. The number of likely N-dealkylation sites (tertiary alicyclic amines) is 1. The molecule has 6 nitrogen and oxygen atoms in total. The maximum Gasteiger partial charge on any atom is 0.317 e. The van der Waals surface area contributed by atoms with Gasteiger partial charge in [-0.25, -0.2) is 13.2 Å². The molecule has 2 heterocycles. The number of hydrogen-bond donors (Lipinski definition) is 1. The van der Waals surface area contributed by atoms with Crippen LogP contribution in [0.15, 0.2) is 59.6 Å². The van der Waals surface area contributed by atoms with E-state index in [0.717, 1.165) is 5.69 Å². The Hall–Kier alpha value is -2.41. The summed E-state index contributed by atoms with van der Waals surface area (Å²) in [5.41, 5.74) is 0.931. The Balaban J connectivity index is 1.48. The second-order valence-corrected chi connectivity index (χ2v) is 8.58. The molecule has 0 bridgehead atoms. The van der Waals surface area contributed by atoms with Crippen LogP contribution >= 0.6 is 0 Å². The summed E-state index contributed by atoms with van der Waals surface area (Å²) in [4.78, 5) is 18.5. The minimum atomic E-state index is -3.33. The van der Waals surface area contributed by atoms with E-state index in [0.29, 0.717) is 43.8 Å². The number of nitrogens with one attached hydrogen (secondary N) is 1. The molecule has 7 heteroatoms. The Bertz CT molecular complexity index is 818. The highest BCUT2D eigenvalue weighted by molar-refractivity contribution is 7.92. The van der Waals surface area contributed by atoms with Crippen molar-refractivity contribution in [1.82, 2.24) is 15.2 Å². The summed E-state index contributed by atoms with van der Waals surface area (Å²) in [6.07, 6.45) is 3.33. The highest BCUT2D eigenvalue weighted by Crippen LogP contribution is 2.24. The van der Waals surface area contributed by atoms with Gasteiger partial charge in [0.2, 0.25) is 0 Å². The van der Waals surface area contributed by atoms with Gasteiger partial charge in [0.05, 0.1) is 10.1 Å². The van der Waals surface area contributed by atoms with Crippen molar-refractivity contribution in [2.24, 2.45) is 0 Å². The SMILES string of the molecule is O=C(NCCc1ccccn1)N1CCC(S(=O)(=O)c2ccccc2)CC1. The van der Waals surface area contributed by atoms with E-state index in [1.807, 2.05) is 18.2 Å². The Morgan fingerprint density at radius 1 is 1.08 bits per heavy atom. The Kier molecular flexibility index (Phi) is 5.88. The van der Waals surface area contributed by atoms with Crippen LogP contribution in [0.25, 0.3) is 0 Å². The zero-order chi connectivity index (χ0) is 18.4. The fraction of sp³-hybridized carbons (Fsp3) is 0.368. The first kappa shape index (κ1) is 18.4. The lowest BCUT2D eigenvalue weighted by atomic mass is 10.1. The van der Waals surface area contributed by atoms with Gasteiger partial charge in [-0.1, -0.05) is 24.3 Å². The lowest BCUT2D eigenvalue weighted by Gasteiger charge is -2.31. The summed E-state index contributed by atoms with van der Waals surface area (Å²) < 4.78 is 25.3. The average molecular weight is 373 g/mol. The van der Waals surface area contributed by atoms with Crippen LogP contribution in [0.5, 0.6) is 0 Å². The van der Waals surface area contributed by atoms with Crippen molar-refractivity contribution in [2.45, 2.75) is 29.4 Å². The van der Waals surface area contributed by atoms with E-state index in [2.05, 4.69) is 10.3 Å². The molecule has 1 aromatic carbocycles. The third kappa shape index (κ3) is 4.40. The monoisotopic (exact) mass is 373 g/mol.